The highest BCUT2D eigenvalue weighted by Crippen LogP contribution is 2.31. The van der Waals surface area contributed by atoms with Crippen molar-refractivity contribution in [2.45, 2.75) is 38.7 Å². The molecule has 0 N–H and O–H groups in total. The van der Waals surface area contributed by atoms with Gasteiger partial charge in [0.15, 0.2) is 11.9 Å². The first-order chi connectivity index (χ1) is 17.1. The molecule has 1 aliphatic rings. The van der Waals surface area contributed by atoms with Gasteiger partial charge in [0.2, 0.25) is 0 Å². The molecular weight excluding hydrogens is 436 g/mol. The molecule has 0 fully saturated rings. The zero-order valence-corrected chi connectivity index (χ0v) is 19.8. The van der Waals surface area contributed by atoms with Crippen molar-refractivity contribution in [3.8, 4) is 11.3 Å². The third-order valence-electron chi connectivity index (χ3n) is 6.23. The number of oxime groups is 1. The summed E-state index contributed by atoms with van der Waals surface area (Å²) in [5.41, 5.74) is 6.95. The molecule has 4 aromatic rings. The molecule has 0 saturated carbocycles. The molecule has 2 atom stereocenters. The number of nitrogens with zero attached hydrogens (tertiary/aromatic N) is 4. The molecule has 2 unspecified atom stereocenters. The van der Waals surface area contributed by atoms with Crippen molar-refractivity contribution in [3.05, 3.63) is 113 Å². The molecule has 35 heavy (non-hydrogen) atoms. The minimum Gasteiger partial charge on any atom is -0.385 e. The summed E-state index contributed by atoms with van der Waals surface area (Å²) in [6, 6.07) is 19.5. The normalized spacial score (nSPS) is 15.8. The Labute approximate surface area is 204 Å². The summed E-state index contributed by atoms with van der Waals surface area (Å²) in [5.74, 6) is 0.124. The average Bonchev–Trinajstić information content (AvgIpc) is 3.40. The Bertz CT molecular complexity index is 1350. The van der Waals surface area contributed by atoms with Crippen LogP contribution in [-0.2, 0) is 4.84 Å². The van der Waals surface area contributed by atoms with Gasteiger partial charge in [0.1, 0.15) is 0 Å². The van der Waals surface area contributed by atoms with Crippen LogP contribution in [0.4, 0.5) is 0 Å². The van der Waals surface area contributed by atoms with Gasteiger partial charge in [-0.05, 0) is 66.4 Å². The number of rotatable bonds is 7. The third kappa shape index (κ3) is 5.17. The Morgan fingerprint density at radius 1 is 1.00 bits per heavy atom. The molecule has 1 aromatic carbocycles. The fourth-order valence-electron chi connectivity index (χ4n) is 4.20. The van der Waals surface area contributed by atoms with Crippen molar-refractivity contribution >= 4 is 11.5 Å². The molecule has 0 saturated heterocycles. The summed E-state index contributed by atoms with van der Waals surface area (Å²) in [6.45, 7) is 4.05. The number of aromatic nitrogens is 3. The van der Waals surface area contributed by atoms with Gasteiger partial charge in [0.25, 0.3) is 0 Å². The fraction of sp³-hybridized carbons (Fsp3) is 0.207. The molecule has 4 heterocycles. The predicted octanol–water partition coefficient (Wildman–Crippen LogP) is 6.09. The molecule has 6 heteroatoms. The maximum absolute atomic E-state index is 13.4. The van der Waals surface area contributed by atoms with E-state index in [9.17, 15) is 4.79 Å². The standard InChI is InChI=1S/C29H26N4O2/c1-19-8-9-25(32-17-19)22-13-23(27-16-29(35-33-27)26-7-3-4-11-31-26)15-24(14-22)28(34)12-20(2)21-6-5-10-30-18-21/h3-11,13-15,17-18,20,29H,12,16H2,1-2H3. The van der Waals surface area contributed by atoms with Gasteiger partial charge in [-0.15, -0.1) is 0 Å². The van der Waals surface area contributed by atoms with E-state index in [4.69, 9.17) is 4.84 Å². The zero-order chi connectivity index (χ0) is 24.2. The van der Waals surface area contributed by atoms with Crippen LogP contribution < -0.4 is 0 Å². The minimum atomic E-state index is -0.239. The van der Waals surface area contributed by atoms with Crippen molar-refractivity contribution in [1.82, 2.24) is 15.0 Å². The molecular formula is C29H26N4O2. The van der Waals surface area contributed by atoms with E-state index in [1.807, 2.05) is 86.9 Å². The largest absolute Gasteiger partial charge is 0.385 e. The highest BCUT2D eigenvalue weighted by molar-refractivity contribution is 6.05. The van der Waals surface area contributed by atoms with Gasteiger partial charge in [-0.3, -0.25) is 19.7 Å². The van der Waals surface area contributed by atoms with Crippen LogP contribution in [0.2, 0.25) is 0 Å². The van der Waals surface area contributed by atoms with E-state index in [1.54, 1.807) is 12.4 Å². The Balaban J connectivity index is 1.46. The van der Waals surface area contributed by atoms with Gasteiger partial charge in [-0.2, -0.15) is 0 Å². The summed E-state index contributed by atoms with van der Waals surface area (Å²) in [7, 11) is 0. The number of hydrogen-bond acceptors (Lipinski definition) is 6. The second-order valence-corrected chi connectivity index (χ2v) is 8.93. The molecule has 6 nitrogen and oxygen atoms in total. The number of carbonyl (C=O) groups excluding carboxylic acids is 1. The second-order valence-electron chi connectivity index (χ2n) is 8.93. The lowest BCUT2D eigenvalue weighted by Gasteiger charge is -2.13. The number of aryl methyl sites for hydroxylation is 1. The molecule has 3 aromatic heterocycles. The first-order valence-electron chi connectivity index (χ1n) is 11.7. The van der Waals surface area contributed by atoms with Crippen LogP contribution in [0.5, 0.6) is 0 Å². The smallest absolute Gasteiger partial charge is 0.174 e. The monoisotopic (exact) mass is 462 g/mol. The molecule has 5 rings (SSSR count). The Morgan fingerprint density at radius 3 is 2.63 bits per heavy atom. The van der Waals surface area contributed by atoms with Crippen molar-refractivity contribution < 1.29 is 9.63 Å². The van der Waals surface area contributed by atoms with Crippen LogP contribution in [0.25, 0.3) is 11.3 Å². The van der Waals surface area contributed by atoms with Crippen LogP contribution in [-0.4, -0.2) is 26.4 Å². The SMILES string of the molecule is Cc1ccc(-c2cc(C(=O)CC(C)c3cccnc3)cc(C3=NOC(c4ccccn4)C3)c2)nc1. The van der Waals surface area contributed by atoms with E-state index in [1.165, 1.54) is 0 Å². The van der Waals surface area contributed by atoms with Crippen molar-refractivity contribution in [2.24, 2.45) is 5.16 Å². The van der Waals surface area contributed by atoms with Gasteiger partial charge in [0.05, 0.1) is 17.1 Å². The van der Waals surface area contributed by atoms with Crippen LogP contribution in [0.3, 0.4) is 0 Å². The average molecular weight is 463 g/mol. The summed E-state index contributed by atoms with van der Waals surface area (Å²) in [6.07, 6.45) is 7.87. The van der Waals surface area contributed by atoms with Crippen molar-refractivity contribution in [2.75, 3.05) is 0 Å². The number of benzene rings is 1. The second kappa shape index (κ2) is 9.97. The van der Waals surface area contributed by atoms with E-state index < -0.39 is 0 Å². The first-order valence-corrected chi connectivity index (χ1v) is 11.7. The van der Waals surface area contributed by atoms with E-state index in [0.29, 0.717) is 18.4 Å². The maximum atomic E-state index is 13.4. The topological polar surface area (TPSA) is 77.3 Å². The lowest BCUT2D eigenvalue weighted by molar-refractivity contribution is 0.0826. The molecule has 0 bridgehead atoms. The van der Waals surface area contributed by atoms with Gasteiger partial charge in [0, 0.05) is 54.3 Å². The quantitative estimate of drug-likeness (QED) is 0.311. The summed E-state index contributed by atoms with van der Waals surface area (Å²) in [4.78, 5) is 32.3. The third-order valence-corrected chi connectivity index (χ3v) is 6.23. The van der Waals surface area contributed by atoms with Crippen molar-refractivity contribution in [3.63, 3.8) is 0 Å². The Morgan fingerprint density at radius 2 is 1.89 bits per heavy atom. The van der Waals surface area contributed by atoms with Crippen LogP contribution in [0.15, 0.2) is 90.6 Å². The summed E-state index contributed by atoms with van der Waals surface area (Å²) >= 11 is 0. The predicted molar refractivity (Wildman–Crippen MR) is 135 cm³/mol. The molecule has 0 amide bonds. The Hall–Kier alpha value is -4.19. The summed E-state index contributed by atoms with van der Waals surface area (Å²) in [5, 5.41) is 4.36. The molecule has 0 spiro atoms. The zero-order valence-electron chi connectivity index (χ0n) is 19.8. The van der Waals surface area contributed by atoms with E-state index in [-0.39, 0.29) is 17.8 Å². The van der Waals surface area contributed by atoms with Crippen LogP contribution in [0.1, 0.15) is 64.5 Å². The number of Topliss-reactive ketones (excluding diaryl/α,β-unsaturated/α-hetero) is 1. The lowest BCUT2D eigenvalue weighted by Crippen LogP contribution is -2.08. The summed E-state index contributed by atoms with van der Waals surface area (Å²) < 4.78 is 0. The number of ketones is 1. The van der Waals surface area contributed by atoms with Crippen LogP contribution in [0, 0.1) is 6.92 Å². The maximum Gasteiger partial charge on any atom is 0.174 e. The molecule has 1 aliphatic heterocycles. The van der Waals surface area contributed by atoms with E-state index in [2.05, 4.69) is 20.1 Å². The van der Waals surface area contributed by atoms with E-state index in [0.717, 1.165) is 39.4 Å². The van der Waals surface area contributed by atoms with Gasteiger partial charge in [-0.1, -0.05) is 30.3 Å². The van der Waals surface area contributed by atoms with Gasteiger partial charge < -0.3 is 4.84 Å². The number of pyridine rings is 3. The van der Waals surface area contributed by atoms with Gasteiger partial charge in [-0.25, -0.2) is 0 Å². The fourth-order valence-corrected chi connectivity index (χ4v) is 4.20. The minimum absolute atomic E-state index is 0.0569. The van der Waals surface area contributed by atoms with Crippen LogP contribution >= 0.6 is 0 Å². The molecule has 0 radical (unpaired) electrons. The highest BCUT2D eigenvalue weighted by atomic mass is 16.6. The highest BCUT2D eigenvalue weighted by Gasteiger charge is 2.26. The van der Waals surface area contributed by atoms with E-state index >= 15 is 0 Å². The number of carbonyl (C=O) groups is 1. The molecule has 0 aliphatic carbocycles. The lowest BCUT2D eigenvalue weighted by atomic mass is 9.91. The molecule has 174 valence electrons. The number of hydrogen-bond donors (Lipinski definition) is 0. The Kier molecular flexibility index (Phi) is 6.44. The first kappa shape index (κ1) is 22.6. The van der Waals surface area contributed by atoms with Crippen molar-refractivity contribution in [1.29, 1.82) is 0 Å². The van der Waals surface area contributed by atoms with Gasteiger partial charge >= 0.3 is 0 Å².